The second-order valence-corrected chi connectivity index (χ2v) is 4.45. The van der Waals surface area contributed by atoms with Gasteiger partial charge in [-0.05, 0) is 49.7 Å². The predicted octanol–water partition coefficient (Wildman–Crippen LogP) is 1.87. The summed E-state index contributed by atoms with van der Waals surface area (Å²) in [6.07, 6.45) is 1.54. The van der Waals surface area contributed by atoms with Crippen molar-refractivity contribution in [1.29, 1.82) is 0 Å². The molecule has 1 heterocycles. The fourth-order valence-corrected chi connectivity index (χ4v) is 1.73. The number of nitrogens with one attached hydrogen (secondary N) is 1. The average Bonchev–Trinajstić information content (AvgIpc) is 2.47. The van der Waals surface area contributed by atoms with Crippen LogP contribution in [0.5, 0.6) is 5.75 Å². The molecule has 108 valence electrons. The van der Waals surface area contributed by atoms with Gasteiger partial charge in [0, 0.05) is 11.4 Å². The molecule has 0 aliphatic heterocycles. The first kappa shape index (κ1) is 14.6. The zero-order valence-electron chi connectivity index (χ0n) is 12.1. The van der Waals surface area contributed by atoms with Crippen molar-refractivity contribution in [2.75, 3.05) is 7.11 Å². The summed E-state index contributed by atoms with van der Waals surface area (Å²) in [7, 11) is 1.60. The molecule has 0 spiro atoms. The minimum absolute atomic E-state index is 0.111. The Morgan fingerprint density at radius 3 is 2.38 bits per heavy atom. The van der Waals surface area contributed by atoms with Crippen LogP contribution in [0.3, 0.4) is 0 Å². The second kappa shape index (κ2) is 6.60. The normalized spacial score (nSPS) is 10.6. The molecule has 0 radical (unpaired) electrons. The van der Waals surface area contributed by atoms with Gasteiger partial charge in [0.1, 0.15) is 5.75 Å². The highest BCUT2D eigenvalue weighted by molar-refractivity contribution is 5.91. The maximum Gasteiger partial charge on any atom is 0.309 e. The number of methoxy groups -OCH3 is 1. The van der Waals surface area contributed by atoms with Crippen molar-refractivity contribution in [2.24, 2.45) is 5.10 Å². The molecule has 0 aliphatic carbocycles. The van der Waals surface area contributed by atoms with Crippen LogP contribution in [0.1, 0.15) is 27.6 Å². The molecule has 21 heavy (non-hydrogen) atoms. The van der Waals surface area contributed by atoms with Gasteiger partial charge in [0.25, 0.3) is 0 Å². The van der Waals surface area contributed by atoms with Crippen molar-refractivity contribution in [3.63, 3.8) is 0 Å². The smallest absolute Gasteiger partial charge is 0.309 e. The molecule has 2 aromatic rings. The Bertz CT molecular complexity index is 646. The molecule has 0 saturated heterocycles. The third kappa shape index (κ3) is 4.10. The van der Waals surface area contributed by atoms with E-state index in [1.165, 1.54) is 0 Å². The van der Waals surface area contributed by atoms with Crippen LogP contribution in [-0.4, -0.2) is 29.2 Å². The molecular formula is C15H16N4O2. The van der Waals surface area contributed by atoms with Gasteiger partial charge in [-0.25, -0.2) is 15.4 Å². The summed E-state index contributed by atoms with van der Waals surface area (Å²) >= 11 is 0. The maximum absolute atomic E-state index is 11.9. The lowest BCUT2D eigenvalue weighted by Crippen LogP contribution is -2.21. The van der Waals surface area contributed by atoms with Gasteiger partial charge in [-0.1, -0.05) is 0 Å². The molecule has 6 nitrogen and oxygen atoms in total. The number of aryl methyl sites for hydroxylation is 2. The lowest BCUT2D eigenvalue weighted by Gasteiger charge is -2.01. The second-order valence-electron chi connectivity index (χ2n) is 4.45. The minimum Gasteiger partial charge on any atom is -0.497 e. The number of amides is 1. The van der Waals surface area contributed by atoms with Crippen LogP contribution in [-0.2, 0) is 0 Å². The van der Waals surface area contributed by atoms with E-state index in [1.54, 1.807) is 19.4 Å². The fraction of sp³-hybridized carbons (Fsp3) is 0.200. The number of carbonyl (C=O) groups is 1. The quantitative estimate of drug-likeness (QED) is 0.687. The average molecular weight is 284 g/mol. The van der Waals surface area contributed by atoms with Gasteiger partial charge >= 0.3 is 5.91 Å². The van der Waals surface area contributed by atoms with Crippen LogP contribution in [0.25, 0.3) is 0 Å². The lowest BCUT2D eigenvalue weighted by atomic mass is 10.2. The number of aromatic nitrogens is 2. The number of hydrogen-bond acceptors (Lipinski definition) is 5. The molecule has 0 aliphatic rings. The molecule has 2 rings (SSSR count). The number of nitrogens with zero attached hydrogens (tertiary/aromatic N) is 3. The van der Waals surface area contributed by atoms with E-state index >= 15 is 0 Å². The van der Waals surface area contributed by atoms with Crippen LogP contribution in [0, 0.1) is 13.8 Å². The lowest BCUT2D eigenvalue weighted by molar-refractivity contribution is 0.0944. The van der Waals surface area contributed by atoms with Crippen molar-refractivity contribution < 1.29 is 9.53 Å². The number of hydrogen-bond donors (Lipinski definition) is 1. The molecule has 1 aromatic heterocycles. The van der Waals surface area contributed by atoms with Gasteiger partial charge < -0.3 is 4.74 Å². The monoisotopic (exact) mass is 284 g/mol. The van der Waals surface area contributed by atoms with E-state index in [9.17, 15) is 4.79 Å². The van der Waals surface area contributed by atoms with Crippen molar-refractivity contribution in [3.8, 4) is 5.75 Å². The van der Waals surface area contributed by atoms with Crippen LogP contribution in [0.15, 0.2) is 35.4 Å². The van der Waals surface area contributed by atoms with Crippen molar-refractivity contribution in [2.45, 2.75) is 13.8 Å². The number of rotatable bonds is 4. The van der Waals surface area contributed by atoms with Gasteiger partial charge in [0.15, 0.2) is 0 Å². The van der Waals surface area contributed by atoms with Gasteiger partial charge in [-0.15, -0.1) is 0 Å². The summed E-state index contributed by atoms with van der Waals surface area (Å²) in [5.74, 6) is 0.436. The molecule has 1 N–H and O–H groups in total. The van der Waals surface area contributed by atoms with E-state index in [0.29, 0.717) is 0 Å². The van der Waals surface area contributed by atoms with Gasteiger partial charge in [0.2, 0.25) is 5.82 Å². The first-order chi connectivity index (χ1) is 10.1. The van der Waals surface area contributed by atoms with Crippen LogP contribution >= 0.6 is 0 Å². The van der Waals surface area contributed by atoms with Gasteiger partial charge in [0.05, 0.1) is 13.3 Å². The van der Waals surface area contributed by atoms with Crippen LogP contribution in [0.2, 0.25) is 0 Å². The third-order valence-electron chi connectivity index (χ3n) is 2.68. The maximum atomic E-state index is 11.9. The first-order valence-corrected chi connectivity index (χ1v) is 6.38. The molecule has 1 amide bonds. The van der Waals surface area contributed by atoms with E-state index < -0.39 is 5.91 Å². The van der Waals surface area contributed by atoms with E-state index in [2.05, 4.69) is 20.5 Å². The van der Waals surface area contributed by atoms with E-state index in [1.807, 2.05) is 38.1 Å². The number of benzene rings is 1. The number of hydrazone groups is 1. The highest BCUT2D eigenvalue weighted by atomic mass is 16.5. The standard InChI is InChI=1S/C15H16N4O2/c1-10-8-11(2)18-14(17-10)15(20)19-16-9-12-4-6-13(21-3)7-5-12/h4-9H,1-3H3,(H,19,20)/b16-9+. The fourth-order valence-electron chi connectivity index (χ4n) is 1.73. The van der Waals surface area contributed by atoms with Gasteiger partial charge in [-0.3, -0.25) is 4.79 Å². The number of ether oxygens (including phenoxy) is 1. The summed E-state index contributed by atoms with van der Waals surface area (Å²) < 4.78 is 5.06. The van der Waals surface area contributed by atoms with Crippen molar-refractivity contribution in [3.05, 3.63) is 53.1 Å². The molecule has 0 unspecified atom stereocenters. The molecule has 0 bridgehead atoms. The Kier molecular flexibility index (Phi) is 4.61. The topological polar surface area (TPSA) is 76.5 Å². The van der Waals surface area contributed by atoms with Crippen LogP contribution in [0.4, 0.5) is 0 Å². The van der Waals surface area contributed by atoms with Crippen molar-refractivity contribution in [1.82, 2.24) is 15.4 Å². The molecule has 0 saturated carbocycles. The van der Waals surface area contributed by atoms with E-state index in [0.717, 1.165) is 22.7 Å². The van der Waals surface area contributed by atoms with E-state index in [-0.39, 0.29) is 5.82 Å². The summed E-state index contributed by atoms with van der Waals surface area (Å²) in [4.78, 5) is 20.0. The number of carbonyl (C=O) groups excluding carboxylic acids is 1. The molecule has 6 heteroatoms. The Morgan fingerprint density at radius 2 is 1.81 bits per heavy atom. The Morgan fingerprint density at radius 1 is 1.19 bits per heavy atom. The summed E-state index contributed by atoms with van der Waals surface area (Å²) in [5, 5.41) is 3.89. The van der Waals surface area contributed by atoms with Gasteiger partial charge in [-0.2, -0.15) is 5.10 Å². The van der Waals surface area contributed by atoms with Crippen LogP contribution < -0.4 is 10.2 Å². The third-order valence-corrected chi connectivity index (χ3v) is 2.68. The Balaban J connectivity index is 2.01. The minimum atomic E-state index is -0.438. The first-order valence-electron chi connectivity index (χ1n) is 6.38. The highest BCUT2D eigenvalue weighted by Gasteiger charge is 2.08. The molecule has 0 atom stereocenters. The molecular weight excluding hydrogens is 268 g/mol. The van der Waals surface area contributed by atoms with Crippen molar-refractivity contribution >= 4 is 12.1 Å². The zero-order chi connectivity index (χ0) is 15.2. The molecule has 1 aromatic carbocycles. The summed E-state index contributed by atoms with van der Waals surface area (Å²) in [6.45, 7) is 3.62. The predicted molar refractivity (Wildman–Crippen MR) is 79.6 cm³/mol. The SMILES string of the molecule is COc1ccc(/C=N/NC(=O)c2nc(C)cc(C)n2)cc1. The van der Waals surface area contributed by atoms with E-state index in [4.69, 9.17) is 4.74 Å². The highest BCUT2D eigenvalue weighted by Crippen LogP contribution is 2.09. The summed E-state index contributed by atoms with van der Waals surface area (Å²) in [5.41, 5.74) is 4.73. The largest absolute Gasteiger partial charge is 0.497 e. The molecule has 0 fully saturated rings. The summed E-state index contributed by atoms with van der Waals surface area (Å²) in [6, 6.07) is 9.10. The Labute approximate surface area is 122 Å². The Hall–Kier alpha value is -2.76. The zero-order valence-corrected chi connectivity index (χ0v) is 12.1.